The third-order valence-corrected chi connectivity index (χ3v) is 4.59. The van der Waals surface area contributed by atoms with Crippen molar-refractivity contribution in [2.24, 2.45) is 5.41 Å². The highest BCUT2D eigenvalue weighted by molar-refractivity contribution is 5.76. The number of carboxylic acids is 1. The van der Waals surface area contributed by atoms with Crippen LogP contribution in [0, 0.1) is 5.41 Å². The van der Waals surface area contributed by atoms with Gasteiger partial charge in [0.05, 0.1) is 5.41 Å². The van der Waals surface area contributed by atoms with Crippen LogP contribution >= 0.6 is 0 Å². The van der Waals surface area contributed by atoms with Crippen molar-refractivity contribution >= 4 is 11.9 Å². The number of nitrogens with one attached hydrogen (secondary N) is 1. The van der Waals surface area contributed by atoms with E-state index in [0.29, 0.717) is 25.3 Å². The second kappa shape index (κ2) is 6.57. The third kappa shape index (κ3) is 3.95. The molecular formula is C15H26N2O3. The van der Waals surface area contributed by atoms with Gasteiger partial charge in [0.2, 0.25) is 5.91 Å². The molecule has 2 rings (SSSR count). The van der Waals surface area contributed by atoms with Gasteiger partial charge in [-0.25, -0.2) is 0 Å². The molecule has 0 aromatic heterocycles. The molecule has 1 amide bonds. The summed E-state index contributed by atoms with van der Waals surface area (Å²) in [6.07, 6.45) is 5.86. The van der Waals surface area contributed by atoms with Crippen molar-refractivity contribution in [2.45, 2.75) is 57.9 Å². The van der Waals surface area contributed by atoms with Crippen molar-refractivity contribution in [2.75, 3.05) is 19.6 Å². The Hall–Kier alpha value is -1.10. The average molecular weight is 282 g/mol. The van der Waals surface area contributed by atoms with Crippen LogP contribution in [0.3, 0.4) is 0 Å². The summed E-state index contributed by atoms with van der Waals surface area (Å²) in [6, 6.07) is 0.424. The molecule has 1 saturated carbocycles. The van der Waals surface area contributed by atoms with E-state index in [0.717, 1.165) is 45.3 Å². The molecule has 1 aliphatic heterocycles. The van der Waals surface area contributed by atoms with Crippen molar-refractivity contribution in [3.05, 3.63) is 0 Å². The number of amides is 1. The molecule has 0 bridgehead atoms. The lowest BCUT2D eigenvalue weighted by Gasteiger charge is -2.38. The van der Waals surface area contributed by atoms with E-state index < -0.39 is 11.4 Å². The molecule has 0 aromatic rings. The Balaban J connectivity index is 1.72. The molecule has 0 atom stereocenters. The SMILES string of the molecule is CCCC1(C(=O)O)CCN(CCC(=O)NC2CC2)CC1. The number of carboxylic acid groups (broad SMARTS) is 1. The Kier molecular flexibility index (Phi) is 5.02. The van der Waals surface area contributed by atoms with Gasteiger partial charge in [0.15, 0.2) is 0 Å². The van der Waals surface area contributed by atoms with Crippen molar-refractivity contribution in [3.63, 3.8) is 0 Å². The van der Waals surface area contributed by atoms with Gasteiger partial charge in [-0.1, -0.05) is 13.3 Å². The first kappa shape index (κ1) is 15.3. The number of likely N-dealkylation sites (tertiary alicyclic amines) is 1. The number of aliphatic carboxylic acids is 1. The highest BCUT2D eigenvalue weighted by atomic mass is 16.4. The lowest BCUT2D eigenvalue weighted by atomic mass is 9.75. The summed E-state index contributed by atoms with van der Waals surface area (Å²) in [6.45, 7) is 4.38. The van der Waals surface area contributed by atoms with Gasteiger partial charge < -0.3 is 15.3 Å². The first-order valence-electron chi connectivity index (χ1n) is 7.81. The molecule has 2 fully saturated rings. The summed E-state index contributed by atoms with van der Waals surface area (Å²) in [5.41, 5.74) is -0.526. The quantitative estimate of drug-likeness (QED) is 0.744. The Bertz CT molecular complexity index is 358. The molecule has 0 aromatic carbocycles. The first-order valence-corrected chi connectivity index (χ1v) is 7.81. The van der Waals surface area contributed by atoms with Crippen LogP contribution in [0.5, 0.6) is 0 Å². The van der Waals surface area contributed by atoms with Crippen LogP contribution in [0.4, 0.5) is 0 Å². The smallest absolute Gasteiger partial charge is 0.309 e. The first-order chi connectivity index (χ1) is 9.55. The van der Waals surface area contributed by atoms with Gasteiger partial charge in [0.25, 0.3) is 0 Å². The molecule has 1 heterocycles. The van der Waals surface area contributed by atoms with E-state index in [2.05, 4.69) is 10.2 Å². The fraction of sp³-hybridized carbons (Fsp3) is 0.867. The Morgan fingerprint density at radius 3 is 2.45 bits per heavy atom. The summed E-state index contributed by atoms with van der Waals surface area (Å²) in [5, 5.41) is 12.4. The molecule has 1 saturated heterocycles. The van der Waals surface area contributed by atoms with Gasteiger partial charge in [-0.2, -0.15) is 0 Å². The van der Waals surface area contributed by atoms with Crippen LogP contribution in [-0.4, -0.2) is 47.6 Å². The van der Waals surface area contributed by atoms with Crippen LogP contribution in [0.2, 0.25) is 0 Å². The molecule has 20 heavy (non-hydrogen) atoms. The maximum atomic E-state index is 11.6. The number of carbonyl (C=O) groups excluding carboxylic acids is 1. The van der Waals surface area contributed by atoms with E-state index in [-0.39, 0.29) is 5.91 Å². The summed E-state index contributed by atoms with van der Waals surface area (Å²) in [5.74, 6) is -0.512. The zero-order valence-corrected chi connectivity index (χ0v) is 12.4. The topological polar surface area (TPSA) is 69.6 Å². The molecule has 5 nitrogen and oxygen atoms in total. The second-order valence-electron chi connectivity index (χ2n) is 6.27. The third-order valence-electron chi connectivity index (χ3n) is 4.59. The standard InChI is InChI=1S/C15H26N2O3/c1-2-6-15(14(19)20)7-10-17(11-8-15)9-5-13(18)16-12-3-4-12/h12H,2-11H2,1H3,(H,16,18)(H,19,20). The predicted octanol–water partition coefficient (Wildman–Crippen LogP) is 1.62. The normalized spacial score (nSPS) is 22.4. The zero-order valence-electron chi connectivity index (χ0n) is 12.4. The van der Waals surface area contributed by atoms with Crippen molar-refractivity contribution in [3.8, 4) is 0 Å². The van der Waals surface area contributed by atoms with E-state index in [1.165, 1.54) is 0 Å². The molecule has 1 aliphatic carbocycles. The summed E-state index contributed by atoms with van der Waals surface area (Å²) in [7, 11) is 0. The highest BCUT2D eigenvalue weighted by Crippen LogP contribution is 2.36. The van der Waals surface area contributed by atoms with E-state index >= 15 is 0 Å². The van der Waals surface area contributed by atoms with E-state index in [1.54, 1.807) is 0 Å². The van der Waals surface area contributed by atoms with Crippen LogP contribution < -0.4 is 5.32 Å². The maximum Gasteiger partial charge on any atom is 0.309 e. The molecule has 0 spiro atoms. The van der Waals surface area contributed by atoms with E-state index in [9.17, 15) is 14.7 Å². The summed E-state index contributed by atoms with van der Waals surface area (Å²) >= 11 is 0. The van der Waals surface area contributed by atoms with E-state index in [1.807, 2.05) is 6.92 Å². The number of carbonyl (C=O) groups is 2. The highest BCUT2D eigenvalue weighted by Gasteiger charge is 2.40. The maximum absolute atomic E-state index is 11.6. The zero-order chi connectivity index (χ0) is 14.6. The number of piperidine rings is 1. The van der Waals surface area contributed by atoms with Crippen LogP contribution in [0.1, 0.15) is 51.9 Å². The predicted molar refractivity (Wildman–Crippen MR) is 76.4 cm³/mol. The van der Waals surface area contributed by atoms with Gasteiger partial charge in [-0.3, -0.25) is 9.59 Å². The number of hydrogen-bond donors (Lipinski definition) is 2. The van der Waals surface area contributed by atoms with Gasteiger partial charge in [0, 0.05) is 19.0 Å². The molecule has 0 unspecified atom stereocenters. The fourth-order valence-corrected chi connectivity index (χ4v) is 3.04. The largest absolute Gasteiger partial charge is 0.481 e. The molecule has 5 heteroatoms. The van der Waals surface area contributed by atoms with Gasteiger partial charge >= 0.3 is 5.97 Å². The average Bonchev–Trinajstić information content (AvgIpc) is 3.22. The van der Waals surface area contributed by atoms with Crippen LogP contribution in [0.25, 0.3) is 0 Å². The second-order valence-corrected chi connectivity index (χ2v) is 6.27. The van der Waals surface area contributed by atoms with Crippen molar-refractivity contribution in [1.29, 1.82) is 0 Å². The fourth-order valence-electron chi connectivity index (χ4n) is 3.04. The molecular weight excluding hydrogens is 256 g/mol. The minimum absolute atomic E-state index is 0.135. The van der Waals surface area contributed by atoms with Gasteiger partial charge in [-0.05, 0) is 45.2 Å². The lowest BCUT2D eigenvalue weighted by molar-refractivity contribution is -0.152. The number of rotatable bonds is 7. The molecule has 2 aliphatic rings. The Morgan fingerprint density at radius 2 is 1.95 bits per heavy atom. The molecule has 2 N–H and O–H groups in total. The van der Waals surface area contributed by atoms with E-state index in [4.69, 9.17) is 0 Å². The monoisotopic (exact) mass is 282 g/mol. The van der Waals surface area contributed by atoms with Crippen molar-refractivity contribution in [1.82, 2.24) is 10.2 Å². The number of hydrogen-bond acceptors (Lipinski definition) is 3. The Labute approximate surface area is 120 Å². The summed E-state index contributed by atoms with van der Waals surface area (Å²) in [4.78, 5) is 25.4. The van der Waals surface area contributed by atoms with Crippen molar-refractivity contribution < 1.29 is 14.7 Å². The summed E-state index contributed by atoms with van der Waals surface area (Å²) < 4.78 is 0. The minimum Gasteiger partial charge on any atom is -0.481 e. The Morgan fingerprint density at radius 1 is 1.30 bits per heavy atom. The van der Waals surface area contributed by atoms with Gasteiger partial charge in [0.1, 0.15) is 0 Å². The lowest BCUT2D eigenvalue weighted by Crippen LogP contribution is -2.45. The van der Waals surface area contributed by atoms with Crippen LogP contribution in [0.15, 0.2) is 0 Å². The minimum atomic E-state index is -0.648. The molecule has 0 radical (unpaired) electrons. The van der Waals surface area contributed by atoms with Crippen LogP contribution in [-0.2, 0) is 9.59 Å². The van der Waals surface area contributed by atoms with Gasteiger partial charge in [-0.15, -0.1) is 0 Å². The number of nitrogens with zero attached hydrogens (tertiary/aromatic N) is 1. The molecule has 114 valence electrons.